The number of anilines is 3. The van der Waals surface area contributed by atoms with Crippen molar-refractivity contribution in [2.24, 2.45) is 29.1 Å². The minimum Gasteiger partial charge on any atom is -0.310 e. The molecule has 4 saturated carbocycles. The number of nitrogens with zero attached hydrogens (tertiary/aromatic N) is 1. The second kappa shape index (κ2) is 9.71. The van der Waals surface area contributed by atoms with Gasteiger partial charge >= 0.3 is 0 Å². The average molecular weight is 700 g/mol. The van der Waals surface area contributed by atoms with Gasteiger partial charge in [0.2, 0.25) is 0 Å². The maximum Gasteiger partial charge on any atom is 0.0473 e. The van der Waals surface area contributed by atoms with Gasteiger partial charge in [-0.05, 0) is 155 Å². The number of benzene rings is 5. The van der Waals surface area contributed by atoms with Crippen molar-refractivity contribution in [1.82, 2.24) is 0 Å². The van der Waals surface area contributed by atoms with E-state index in [1.54, 1.807) is 11.1 Å². The highest BCUT2D eigenvalue weighted by Gasteiger charge is 2.84. The first kappa shape index (κ1) is 30.0. The molecule has 5 aromatic carbocycles. The molecule has 6 atom stereocenters. The number of rotatable bonds is 3. The monoisotopic (exact) mass is 699 g/mol. The fourth-order valence-corrected chi connectivity index (χ4v) is 15.6. The lowest BCUT2D eigenvalue weighted by Crippen LogP contribution is -2.74. The summed E-state index contributed by atoms with van der Waals surface area (Å²) in [4.78, 5) is 5.56. The van der Waals surface area contributed by atoms with Crippen molar-refractivity contribution >= 4 is 60.3 Å². The summed E-state index contributed by atoms with van der Waals surface area (Å²) in [6, 6.07) is 40.7. The average Bonchev–Trinajstić information content (AvgIpc) is 3.79. The van der Waals surface area contributed by atoms with Crippen molar-refractivity contribution in [1.29, 1.82) is 0 Å². The molecule has 0 amide bonds. The highest BCUT2D eigenvalue weighted by molar-refractivity contribution is 7.99. The quantitative estimate of drug-likeness (QED) is 0.181. The fourth-order valence-electron chi connectivity index (χ4n) is 13.2. The normalized spacial score (nSPS) is 31.1. The summed E-state index contributed by atoms with van der Waals surface area (Å²) < 4.78 is 2.72. The lowest BCUT2D eigenvalue weighted by molar-refractivity contribution is -0.235. The van der Waals surface area contributed by atoms with Crippen LogP contribution in [-0.2, 0) is 16.2 Å². The van der Waals surface area contributed by atoms with Crippen LogP contribution in [0.5, 0.6) is 0 Å². The lowest BCUT2D eigenvalue weighted by atomic mass is 9.26. The van der Waals surface area contributed by atoms with Crippen LogP contribution in [0.25, 0.3) is 20.2 Å². The highest BCUT2D eigenvalue weighted by Crippen LogP contribution is 2.89. The Labute approximate surface area is 310 Å². The van der Waals surface area contributed by atoms with E-state index in [0.717, 1.165) is 23.7 Å². The van der Waals surface area contributed by atoms with Crippen molar-refractivity contribution in [3.8, 4) is 0 Å². The van der Waals surface area contributed by atoms with Gasteiger partial charge in [-0.25, -0.2) is 0 Å². The third kappa shape index (κ3) is 3.61. The van der Waals surface area contributed by atoms with Gasteiger partial charge in [0.25, 0.3) is 0 Å². The van der Waals surface area contributed by atoms with Crippen LogP contribution in [-0.4, -0.2) is 0 Å². The first-order chi connectivity index (χ1) is 24.7. The van der Waals surface area contributed by atoms with E-state index >= 15 is 0 Å². The molecule has 6 aliphatic rings. The number of hydrogen-bond donors (Lipinski definition) is 0. The van der Waals surface area contributed by atoms with Gasteiger partial charge in [-0.1, -0.05) is 88.0 Å². The summed E-state index contributed by atoms with van der Waals surface area (Å²) in [6.07, 6.45) is 8.35. The molecule has 2 heterocycles. The molecule has 2 bridgehead atoms. The Hall–Kier alpha value is -3.53. The molecule has 51 heavy (non-hydrogen) atoms. The van der Waals surface area contributed by atoms with E-state index in [9.17, 15) is 0 Å². The smallest absolute Gasteiger partial charge is 0.0473 e. The van der Waals surface area contributed by atoms with E-state index < -0.39 is 0 Å². The molecule has 2 spiro atoms. The third-order valence-electron chi connectivity index (χ3n) is 15.4. The van der Waals surface area contributed by atoms with Gasteiger partial charge in [0.05, 0.1) is 0 Å². The Morgan fingerprint density at radius 3 is 2.10 bits per heavy atom. The van der Waals surface area contributed by atoms with E-state index in [2.05, 4.69) is 136 Å². The largest absolute Gasteiger partial charge is 0.310 e. The number of thiophene rings is 1. The standard InChI is InChI=1S/C48H45NS2/c1-45(2)19-20-46(3,4)38-25-31(13-16-35(38)45)49(30-15-18-40-34(24-30)33-9-5-7-11-39(33)50-40)32-14-17-37-42(26-32)51-41-12-8-6-10-36(41)48(37)43-22-28-21-29-23-44(48)47(29,43)27-28/h5-18,24-26,28-29,43-44H,19-23,27H2,1-4H3. The second-order valence-corrected chi connectivity index (χ2v) is 20.6. The fraction of sp³-hybridized carbons (Fsp3) is 0.375. The molecular formula is C48H45NS2. The van der Waals surface area contributed by atoms with Crippen molar-refractivity contribution in [2.45, 2.75) is 92.3 Å². The summed E-state index contributed by atoms with van der Waals surface area (Å²) in [6.45, 7) is 9.79. The molecule has 0 radical (unpaired) electrons. The molecule has 1 aromatic heterocycles. The van der Waals surface area contributed by atoms with E-state index in [-0.39, 0.29) is 16.2 Å². The molecule has 254 valence electrons. The van der Waals surface area contributed by atoms with Gasteiger partial charge in [0.15, 0.2) is 0 Å². The van der Waals surface area contributed by atoms with E-state index in [1.165, 1.54) is 96.7 Å². The van der Waals surface area contributed by atoms with Gasteiger partial charge in [-0.2, -0.15) is 0 Å². The number of hydrogen-bond acceptors (Lipinski definition) is 3. The SMILES string of the molecule is CC1(C)CCC(C)(C)c2cc(N(c3ccc4c(c3)Sc3ccccc3C43C4CC5CC6CC3C64C5)c3ccc4sc5ccccc5c4c3)ccc21. The first-order valence-corrected chi connectivity index (χ1v) is 21.1. The zero-order valence-corrected chi connectivity index (χ0v) is 31.8. The summed E-state index contributed by atoms with van der Waals surface area (Å²) in [5, 5.41) is 2.71. The minimum atomic E-state index is 0.142. The van der Waals surface area contributed by atoms with E-state index in [0.29, 0.717) is 5.41 Å². The Morgan fingerprint density at radius 2 is 1.24 bits per heavy atom. The van der Waals surface area contributed by atoms with Crippen LogP contribution in [0, 0.1) is 29.1 Å². The van der Waals surface area contributed by atoms with Gasteiger partial charge in [0.1, 0.15) is 0 Å². The zero-order chi connectivity index (χ0) is 34.1. The van der Waals surface area contributed by atoms with Crippen LogP contribution in [0.1, 0.15) is 88.5 Å². The molecule has 3 heteroatoms. The molecule has 4 fully saturated rings. The Kier molecular flexibility index (Phi) is 5.71. The van der Waals surface area contributed by atoms with Crippen LogP contribution in [0.2, 0.25) is 0 Å². The van der Waals surface area contributed by atoms with E-state index in [4.69, 9.17) is 0 Å². The molecule has 12 rings (SSSR count). The number of fused-ring (bicyclic) bond motifs is 11. The van der Waals surface area contributed by atoms with Crippen LogP contribution < -0.4 is 4.90 Å². The molecule has 6 aromatic rings. The highest BCUT2D eigenvalue weighted by atomic mass is 32.2. The minimum absolute atomic E-state index is 0.142. The maximum atomic E-state index is 2.59. The van der Waals surface area contributed by atoms with Gasteiger partial charge in [-0.15, -0.1) is 11.3 Å². The predicted octanol–water partition coefficient (Wildman–Crippen LogP) is 13.7. The molecule has 0 N–H and O–H groups in total. The third-order valence-corrected chi connectivity index (χ3v) is 17.7. The van der Waals surface area contributed by atoms with E-state index in [1.807, 2.05) is 23.1 Å². The second-order valence-electron chi connectivity index (χ2n) is 18.5. The maximum absolute atomic E-state index is 2.59. The van der Waals surface area contributed by atoms with Crippen molar-refractivity contribution < 1.29 is 0 Å². The van der Waals surface area contributed by atoms with Crippen molar-refractivity contribution in [3.05, 3.63) is 125 Å². The summed E-state index contributed by atoms with van der Waals surface area (Å²) in [5.74, 6) is 3.59. The Balaban J connectivity index is 1.06. The molecule has 5 aliphatic carbocycles. The van der Waals surface area contributed by atoms with Crippen LogP contribution in [0.15, 0.2) is 113 Å². The summed E-state index contributed by atoms with van der Waals surface area (Å²) >= 11 is 3.94. The van der Waals surface area contributed by atoms with Gasteiger partial charge < -0.3 is 4.90 Å². The molecule has 6 unspecified atom stereocenters. The Bertz CT molecular complexity index is 2480. The summed E-state index contributed by atoms with van der Waals surface area (Å²) in [5.41, 5.74) is 11.3. The van der Waals surface area contributed by atoms with Gasteiger partial charge in [0, 0.05) is 52.4 Å². The van der Waals surface area contributed by atoms with Crippen LogP contribution in [0.3, 0.4) is 0 Å². The Morgan fingerprint density at radius 1 is 0.569 bits per heavy atom. The molecular weight excluding hydrogens is 655 g/mol. The molecule has 0 saturated heterocycles. The zero-order valence-electron chi connectivity index (χ0n) is 30.1. The van der Waals surface area contributed by atoms with Gasteiger partial charge in [-0.3, -0.25) is 0 Å². The first-order valence-electron chi connectivity index (χ1n) is 19.5. The topological polar surface area (TPSA) is 3.24 Å². The molecule has 1 nitrogen and oxygen atoms in total. The van der Waals surface area contributed by atoms with Crippen molar-refractivity contribution in [3.63, 3.8) is 0 Å². The van der Waals surface area contributed by atoms with Crippen LogP contribution >= 0.6 is 23.1 Å². The molecule has 1 aliphatic heterocycles. The predicted molar refractivity (Wildman–Crippen MR) is 216 cm³/mol. The summed E-state index contributed by atoms with van der Waals surface area (Å²) in [7, 11) is 0. The lowest BCUT2D eigenvalue weighted by Gasteiger charge is -2.78. The van der Waals surface area contributed by atoms with Crippen molar-refractivity contribution in [2.75, 3.05) is 4.90 Å². The van der Waals surface area contributed by atoms with Crippen LogP contribution in [0.4, 0.5) is 17.1 Å².